The van der Waals surface area contributed by atoms with E-state index < -0.39 is 5.92 Å². The highest BCUT2D eigenvalue weighted by atomic mass is 16.5. The molecule has 1 saturated heterocycles. The lowest BCUT2D eigenvalue weighted by atomic mass is 10.1. The van der Waals surface area contributed by atoms with Gasteiger partial charge in [0.05, 0.1) is 5.92 Å². The van der Waals surface area contributed by atoms with Crippen LogP contribution in [0.15, 0.2) is 78.9 Å². The predicted octanol–water partition coefficient (Wildman–Crippen LogP) is 3.68. The first-order chi connectivity index (χ1) is 16.5. The summed E-state index contributed by atoms with van der Waals surface area (Å²) in [5, 5.41) is 5.71. The van der Waals surface area contributed by atoms with E-state index >= 15 is 0 Å². The fraction of sp³-hybridized carbons (Fsp3) is 0.222. The Morgan fingerprint density at radius 2 is 1.76 bits per heavy atom. The van der Waals surface area contributed by atoms with Gasteiger partial charge in [-0.15, -0.1) is 0 Å². The molecule has 0 saturated carbocycles. The molecule has 0 aliphatic carbocycles. The van der Waals surface area contributed by atoms with Crippen LogP contribution in [0.3, 0.4) is 0 Å². The molecular formula is C27H27N3O4. The van der Waals surface area contributed by atoms with Crippen LogP contribution in [0.1, 0.15) is 17.5 Å². The predicted molar refractivity (Wildman–Crippen MR) is 130 cm³/mol. The third kappa shape index (κ3) is 6.01. The van der Waals surface area contributed by atoms with Crippen LogP contribution in [-0.4, -0.2) is 30.9 Å². The topological polar surface area (TPSA) is 87.7 Å². The van der Waals surface area contributed by atoms with Gasteiger partial charge in [0.15, 0.2) is 6.61 Å². The van der Waals surface area contributed by atoms with Crippen molar-refractivity contribution in [3.8, 4) is 5.75 Å². The summed E-state index contributed by atoms with van der Waals surface area (Å²) in [4.78, 5) is 38.8. The van der Waals surface area contributed by atoms with E-state index in [0.717, 1.165) is 16.8 Å². The average molecular weight is 458 g/mol. The first-order valence-corrected chi connectivity index (χ1v) is 11.2. The maximum absolute atomic E-state index is 12.5. The normalized spacial score (nSPS) is 15.1. The zero-order chi connectivity index (χ0) is 23.9. The Balaban J connectivity index is 1.27. The van der Waals surface area contributed by atoms with Crippen LogP contribution >= 0.6 is 0 Å². The van der Waals surface area contributed by atoms with E-state index in [1.165, 1.54) is 0 Å². The molecule has 34 heavy (non-hydrogen) atoms. The van der Waals surface area contributed by atoms with Crippen molar-refractivity contribution >= 4 is 29.1 Å². The lowest BCUT2D eigenvalue weighted by Gasteiger charge is -2.17. The summed E-state index contributed by atoms with van der Waals surface area (Å²) in [5.41, 5.74) is 3.49. The van der Waals surface area contributed by atoms with Gasteiger partial charge in [-0.1, -0.05) is 42.5 Å². The van der Waals surface area contributed by atoms with Crippen LogP contribution < -0.4 is 20.3 Å². The van der Waals surface area contributed by atoms with E-state index in [1.54, 1.807) is 29.2 Å². The highest BCUT2D eigenvalue weighted by Crippen LogP contribution is 2.27. The number of ether oxygens (including phenoxy) is 1. The van der Waals surface area contributed by atoms with Gasteiger partial charge in [-0.25, -0.2) is 0 Å². The molecule has 0 unspecified atom stereocenters. The lowest BCUT2D eigenvalue weighted by molar-refractivity contribution is -0.126. The third-order valence-corrected chi connectivity index (χ3v) is 5.63. The number of nitrogens with one attached hydrogen (secondary N) is 2. The summed E-state index contributed by atoms with van der Waals surface area (Å²) < 4.78 is 5.57. The van der Waals surface area contributed by atoms with Gasteiger partial charge in [0, 0.05) is 30.9 Å². The smallest absolute Gasteiger partial charge is 0.262 e. The first-order valence-electron chi connectivity index (χ1n) is 11.2. The number of carbonyl (C=O) groups excluding carboxylic acids is 3. The molecule has 4 rings (SSSR count). The molecule has 1 aliphatic heterocycles. The van der Waals surface area contributed by atoms with E-state index in [-0.39, 0.29) is 30.7 Å². The summed E-state index contributed by atoms with van der Waals surface area (Å²) in [6.07, 6.45) is 0.179. The lowest BCUT2D eigenvalue weighted by Crippen LogP contribution is -2.32. The van der Waals surface area contributed by atoms with Crippen molar-refractivity contribution in [1.82, 2.24) is 5.32 Å². The van der Waals surface area contributed by atoms with Crippen molar-refractivity contribution in [2.45, 2.75) is 19.9 Å². The quantitative estimate of drug-likeness (QED) is 0.540. The highest BCUT2D eigenvalue weighted by Gasteiger charge is 2.35. The van der Waals surface area contributed by atoms with Crippen LogP contribution in [0.4, 0.5) is 11.4 Å². The molecule has 7 nitrogen and oxygen atoms in total. The van der Waals surface area contributed by atoms with Gasteiger partial charge in [0.25, 0.3) is 5.91 Å². The second-order valence-corrected chi connectivity index (χ2v) is 8.31. The molecule has 3 aromatic rings. The van der Waals surface area contributed by atoms with E-state index in [1.807, 2.05) is 61.5 Å². The van der Waals surface area contributed by atoms with Gasteiger partial charge in [-0.3, -0.25) is 14.4 Å². The Morgan fingerprint density at radius 1 is 1.00 bits per heavy atom. The molecule has 2 N–H and O–H groups in total. The van der Waals surface area contributed by atoms with Gasteiger partial charge in [-0.2, -0.15) is 0 Å². The number of anilines is 2. The summed E-state index contributed by atoms with van der Waals surface area (Å²) in [7, 11) is 0. The van der Waals surface area contributed by atoms with Gasteiger partial charge < -0.3 is 20.3 Å². The van der Waals surface area contributed by atoms with E-state index in [0.29, 0.717) is 24.5 Å². The zero-order valence-corrected chi connectivity index (χ0v) is 19.0. The average Bonchev–Trinajstić information content (AvgIpc) is 3.24. The summed E-state index contributed by atoms with van der Waals surface area (Å²) in [5.74, 6) is -0.344. The molecule has 1 heterocycles. The van der Waals surface area contributed by atoms with Crippen molar-refractivity contribution < 1.29 is 19.1 Å². The van der Waals surface area contributed by atoms with Crippen molar-refractivity contribution in [2.75, 3.05) is 23.4 Å². The minimum Gasteiger partial charge on any atom is -0.484 e. The van der Waals surface area contributed by atoms with Crippen molar-refractivity contribution in [2.24, 2.45) is 5.92 Å². The Bertz CT molecular complexity index is 1160. The molecule has 1 atom stereocenters. The minimum atomic E-state index is -0.391. The van der Waals surface area contributed by atoms with Gasteiger partial charge in [0.2, 0.25) is 11.8 Å². The SMILES string of the molecule is Cc1cccc(NC(=O)COc2ccc(N3C[C@@H](C(=O)NCc4ccccc4)CC3=O)cc2)c1. The number of carbonyl (C=O) groups is 3. The number of hydrogen-bond donors (Lipinski definition) is 2. The molecule has 1 aliphatic rings. The Labute approximate surface area is 198 Å². The van der Waals surface area contributed by atoms with Crippen LogP contribution in [0.2, 0.25) is 0 Å². The molecule has 0 aromatic heterocycles. The second kappa shape index (κ2) is 10.7. The maximum Gasteiger partial charge on any atom is 0.262 e. The van der Waals surface area contributed by atoms with Crippen molar-refractivity contribution in [1.29, 1.82) is 0 Å². The standard InChI is InChI=1S/C27H27N3O4/c1-19-6-5-9-22(14-19)29-25(31)18-34-24-12-10-23(11-13-24)30-17-21(15-26(30)32)27(33)28-16-20-7-3-2-4-8-20/h2-14,21H,15-18H2,1H3,(H,28,33)(H,29,31)/t21-/m0/s1. The Morgan fingerprint density at radius 3 is 2.50 bits per heavy atom. The van der Waals surface area contributed by atoms with Crippen LogP contribution in [-0.2, 0) is 20.9 Å². The number of rotatable bonds is 8. The largest absolute Gasteiger partial charge is 0.484 e. The molecule has 3 aromatic carbocycles. The zero-order valence-electron chi connectivity index (χ0n) is 19.0. The number of benzene rings is 3. The monoisotopic (exact) mass is 457 g/mol. The van der Waals surface area contributed by atoms with E-state index in [4.69, 9.17) is 4.74 Å². The van der Waals surface area contributed by atoms with Gasteiger partial charge in [0.1, 0.15) is 5.75 Å². The van der Waals surface area contributed by atoms with E-state index in [9.17, 15) is 14.4 Å². The van der Waals surface area contributed by atoms with Gasteiger partial charge >= 0.3 is 0 Å². The van der Waals surface area contributed by atoms with Crippen molar-refractivity contribution in [3.05, 3.63) is 90.0 Å². The molecule has 0 spiro atoms. The molecule has 7 heteroatoms. The molecule has 0 radical (unpaired) electrons. The fourth-order valence-electron chi connectivity index (χ4n) is 3.85. The molecule has 3 amide bonds. The number of aryl methyl sites for hydroxylation is 1. The summed E-state index contributed by atoms with van der Waals surface area (Å²) in [6, 6.07) is 24.2. The van der Waals surface area contributed by atoms with Crippen LogP contribution in [0.25, 0.3) is 0 Å². The second-order valence-electron chi connectivity index (χ2n) is 8.31. The Hall–Kier alpha value is -4.13. The summed E-state index contributed by atoms with van der Waals surface area (Å²) >= 11 is 0. The molecule has 1 fully saturated rings. The first kappa shape index (κ1) is 23.0. The third-order valence-electron chi connectivity index (χ3n) is 5.63. The number of hydrogen-bond acceptors (Lipinski definition) is 4. The minimum absolute atomic E-state index is 0.0916. The maximum atomic E-state index is 12.5. The number of nitrogens with zero attached hydrogens (tertiary/aromatic N) is 1. The van der Waals surface area contributed by atoms with E-state index in [2.05, 4.69) is 10.6 Å². The molecule has 0 bridgehead atoms. The Kier molecular flexibility index (Phi) is 7.22. The van der Waals surface area contributed by atoms with Gasteiger partial charge in [-0.05, 0) is 54.4 Å². The van der Waals surface area contributed by atoms with Crippen molar-refractivity contribution in [3.63, 3.8) is 0 Å². The summed E-state index contributed by atoms with van der Waals surface area (Å²) in [6.45, 7) is 2.60. The number of amides is 3. The highest BCUT2D eigenvalue weighted by molar-refractivity contribution is 6.00. The van der Waals surface area contributed by atoms with Crippen LogP contribution in [0, 0.1) is 12.8 Å². The molecular weight excluding hydrogens is 430 g/mol. The molecule has 174 valence electrons. The fourth-order valence-corrected chi connectivity index (χ4v) is 3.85. The van der Waals surface area contributed by atoms with Crippen LogP contribution in [0.5, 0.6) is 5.75 Å².